The highest BCUT2D eigenvalue weighted by Gasteiger charge is 2.41. The molecule has 0 aromatic carbocycles. The second-order valence-electron chi connectivity index (χ2n) is 8.65. The average Bonchev–Trinajstić information content (AvgIpc) is 2.47. The molecule has 0 heterocycles. The molecule has 0 aliphatic carbocycles. The van der Waals surface area contributed by atoms with Gasteiger partial charge in [0.05, 0.1) is 8.07 Å². The van der Waals surface area contributed by atoms with Crippen LogP contribution in [0.3, 0.4) is 0 Å². The van der Waals surface area contributed by atoms with Crippen LogP contribution in [0.5, 0.6) is 0 Å². The highest BCUT2D eigenvalue weighted by atomic mass is 28.3. The molecule has 23 heavy (non-hydrogen) atoms. The van der Waals surface area contributed by atoms with Crippen LogP contribution in [0, 0.1) is 0 Å². The second-order valence-corrected chi connectivity index (χ2v) is 14.8. The molecular formula is C21H47NSi. The van der Waals surface area contributed by atoms with Gasteiger partial charge in [-0.2, -0.15) is 0 Å². The van der Waals surface area contributed by atoms with Crippen molar-refractivity contribution in [2.75, 3.05) is 6.54 Å². The summed E-state index contributed by atoms with van der Waals surface area (Å²) in [5.74, 6) is 0. The molecule has 0 atom stereocenters. The van der Waals surface area contributed by atoms with Crippen molar-refractivity contribution in [3.05, 3.63) is 0 Å². The Morgan fingerprint density at radius 2 is 0.826 bits per heavy atom. The molecular weight excluding hydrogens is 294 g/mol. The van der Waals surface area contributed by atoms with Crippen LogP contribution in [-0.2, 0) is 0 Å². The number of hydrogen-bond acceptors (Lipinski definition) is 1. The van der Waals surface area contributed by atoms with Gasteiger partial charge in [-0.05, 0) is 13.0 Å². The van der Waals surface area contributed by atoms with E-state index in [9.17, 15) is 0 Å². The van der Waals surface area contributed by atoms with E-state index in [1.54, 1.807) is 6.04 Å². The van der Waals surface area contributed by atoms with Crippen LogP contribution >= 0.6 is 0 Å². The van der Waals surface area contributed by atoms with Gasteiger partial charge in [0.15, 0.2) is 0 Å². The van der Waals surface area contributed by atoms with Crippen LogP contribution < -0.4 is 5.73 Å². The summed E-state index contributed by atoms with van der Waals surface area (Å²) in [6.45, 7) is 15.9. The fourth-order valence-corrected chi connectivity index (χ4v) is 11.5. The number of rotatable bonds is 15. The van der Waals surface area contributed by atoms with Gasteiger partial charge in [-0.3, -0.25) is 0 Å². The van der Waals surface area contributed by atoms with E-state index >= 15 is 0 Å². The van der Waals surface area contributed by atoms with E-state index in [1.807, 2.05) is 0 Å². The average molecular weight is 342 g/mol. The lowest BCUT2D eigenvalue weighted by Crippen LogP contribution is -2.44. The first-order valence-electron chi connectivity index (χ1n) is 10.6. The van der Waals surface area contributed by atoms with Crippen LogP contribution in [0.4, 0.5) is 0 Å². The van der Waals surface area contributed by atoms with Crippen LogP contribution in [0.2, 0.25) is 22.7 Å². The molecule has 0 aromatic heterocycles. The van der Waals surface area contributed by atoms with Crippen LogP contribution in [-0.4, -0.2) is 14.6 Å². The Hall–Kier alpha value is 0.177. The van der Waals surface area contributed by atoms with E-state index in [0.29, 0.717) is 0 Å². The van der Waals surface area contributed by atoms with E-state index in [4.69, 9.17) is 5.73 Å². The van der Waals surface area contributed by atoms with Gasteiger partial charge >= 0.3 is 0 Å². The summed E-state index contributed by atoms with van der Waals surface area (Å²) in [5.41, 5.74) is 8.31. The topological polar surface area (TPSA) is 26.0 Å². The molecule has 0 bridgehead atoms. The third-order valence-electron chi connectivity index (χ3n) is 6.29. The van der Waals surface area contributed by atoms with Gasteiger partial charge in [0.1, 0.15) is 0 Å². The normalized spacial score (nSPS) is 12.8. The molecule has 0 amide bonds. The Morgan fingerprint density at radius 3 is 1.13 bits per heavy atom. The minimum atomic E-state index is -1.13. The molecule has 0 aromatic rings. The van der Waals surface area contributed by atoms with E-state index in [0.717, 1.165) is 23.2 Å². The van der Waals surface area contributed by atoms with E-state index in [2.05, 4.69) is 41.5 Å². The second kappa shape index (κ2) is 13.5. The van der Waals surface area contributed by atoms with Crippen molar-refractivity contribution in [2.45, 2.75) is 128 Å². The molecule has 0 saturated carbocycles. The first kappa shape index (κ1) is 23.2. The van der Waals surface area contributed by atoms with Crippen molar-refractivity contribution < 1.29 is 0 Å². The third kappa shape index (κ3) is 8.72. The van der Waals surface area contributed by atoms with Gasteiger partial charge in [0.25, 0.3) is 0 Å². The fraction of sp³-hybridized carbons (Fsp3) is 1.00. The Balaban J connectivity index is 3.80. The third-order valence-corrected chi connectivity index (χ3v) is 14.0. The molecule has 0 aliphatic heterocycles. The molecule has 2 N–H and O–H groups in total. The van der Waals surface area contributed by atoms with E-state index < -0.39 is 8.07 Å². The SMILES string of the molecule is CC(C)[Si](CCCCCCCCCCCCN)(C(C)C)C(C)C. The molecule has 0 saturated heterocycles. The Bertz CT molecular complexity index is 239. The van der Waals surface area contributed by atoms with Gasteiger partial charge in [-0.25, -0.2) is 0 Å². The monoisotopic (exact) mass is 341 g/mol. The Labute approximate surface area is 149 Å². The number of hydrogen-bond donors (Lipinski definition) is 1. The summed E-state index contributed by atoms with van der Waals surface area (Å²) in [6, 6.07) is 1.55. The van der Waals surface area contributed by atoms with Crippen molar-refractivity contribution in [3.63, 3.8) is 0 Å². The minimum absolute atomic E-state index is 0.869. The van der Waals surface area contributed by atoms with Gasteiger partial charge in [0.2, 0.25) is 0 Å². The zero-order valence-corrected chi connectivity index (χ0v) is 18.3. The quantitative estimate of drug-likeness (QED) is 0.242. The van der Waals surface area contributed by atoms with Crippen molar-refractivity contribution in [1.29, 1.82) is 0 Å². The highest BCUT2D eigenvalue weighted by Crippen LogP contribution is 2.45. The molecule has 0 radical (unpaired) electrons. The highest BCUT2D eigenvalue weighted by molar-refractivity contribution is 6.83. The van der Waals surface area contributed by atoms with Crippen LogP contribution in [0.15, 0.2) is 0 Å². The fourth-order valence-electron chi connectivity index (χ4n) is 4.86. The zero-order chi connectivity index (χ0) is 17.7. The van der Waals surface area contributed by atoms with Gasteiger partial charge in [0, 0.05) is 0 Å². The summed E-state index contributed by atoms with van der Waals surface area (Å²) in [7, 11) is -1.13. The molecule has 2 heteroatoms. The van der Waals surface area contributed by atoms with Gasteiger partial charge < -0.3 is 5.73 Å². The first-order chi connectivity index (χ1) is 10.9. The molecule has 1 nitrogen and oxygen atoms in total. The standard InChI is InChI=1S/C21H47NSi/c1-19(2)23(20(3)4,21(5)6)18-16-14-12-10-8-7-9-11-13-15-17-22/h19-21H,7-18,22H2,1-6H3. The molecule has 0 unspecified atom stereocenters. The lowest BCUT2D eigenvalue weighted by atomic mass is 10.1. The van der Waals surface area contributed by atoms with Crippen molar-refractivity contribution in [2.24, 2.45) is 5.73 Å². The van der Waals surface area contributed by atoms with E-state index in [-0.39, 0.29) is 0 Å². The summed E-state index contributed by atoms with van der Waals surface area (Å²) in [6.07, 6.45) is 14.1. The van der Waals surface area contributed by atoms with E-state index in [1.165, 1.54) is 64.2 Å². The molecule has 0 spiro atoms. The van der Waals surface area contributed by atoms with Crippen LogP contribution in [0.25, 0.3) is 0 Å². The Morgan fingerprint density at radius 1 is 0.522 bits per heavy atom. The lowest BCUT2D eigenvalue weighted by molar-refractivity contribution is 0.556. The van der Waals surface area contributed by atoms with Crippen molar-refractivity contribution in [1.82, 2.24) is 0 Å². The maximum absolute atomic E-state index is 5.53. The summed E-state index contributed by atoms with van der Waals surface area (Å²) >= 11 is 0. The maximum Gasteiger partial charge on any atom is 0.0612 e. The smallest absolute Gasteiger partial charge is 0.0612 e. The summed E-state index contributed by atoms with van der Waals surface area (Å²) in [5, 5.41) is 0. The molecule has 140 valence electrons. The predicted octanol–water partition coefficient (Wildman–Crippen LogP) is 7.52. The molecule has 0 rings (SSSR count). The predicted molar refractivity (Wildman–Crippen MR) is 111 cm³/mol. The summed E-state index contributed by atoms with van der Waals surface area (Å²) in [4.78, 5) is 0. The molecule has 0 aliphatic rings. The minimum Gasteiger partial charge on any atom is -0.330 e. The van der Waals surface area contributed by atoms with Crippen molar-refractivity contribution in [3.8, 4) is 0 Å². The van der Waals surface area contributed by atoms with Crippen molar-refractivity contribution >= 4 is 8.07 Å². The molecule has 0 fully saturated rings. The van der Waals surface area contributed by atoms with Crippen LogP contribution in [0.1, 0.15) is 106 Å². The summed E-state index contributed by atoms with van der Waals surface area (Å²) < 4.78 is 0. The number of nitrogens with two attached hydrogens (primary N) is 1. The lowest BCUT2D eigenvalue weighted by Gasteiger charge is -2.43. The number of unbranched alkanes of at least 4 members (excludes halogenated alkanes) is 9. The zero-order valence-electron chi connectivity index (χ0n) is 17.3. The largest absolute Gasteiger partial charge is 0.330 e. The van der Waals surface area contributed by atoms with Gasteiger partial charge in [-0.15, -0.1) is 0 Å². The van der Waals surface area contributed by atoms with Gasteiger partial charge in [-0.1, -0.05) is 122 Å². The first-order valence-corrected chi connectivity index (χ1v) is 13.0. The Kier molecular flexibility index (Phi) is 13.6. The maximum atomic E-state index is 5.53.